The standard InChI is InChI=1S/C17H21BFNO/c1-20(2)14(10-13-6-4-3-5-7-13)12-21-15-8-9-16(18)17(19)11-15/h3-9,11,14H,10,12,18H2,1-2H3/t14-/m1/s1. The van der Waals surface area contributed by atoms with Crippen molar-refractivity contribution in [3.05, 3.63) is 59.9 Å². The van der Waals surface area contributed by atoms with Gasteiger partial charge in [-0.1, -0.05) is 41.9 Å². The lowest BCUT2D eigenvalue weighted by Crippen LogP contribution is -2.35. The minimum atomic E-state index is -0.225. The summed E-state index contributed by atoms with van der Waals surface area (Å²) in [6, 6.07) is 15.6. The van der Waals surface area contributed by atoms with Crippen LogP contribution in [0.15, 0.2) is 48.5 Å². The summed E-state index contributed by atoms with van der Waals surface area (Å²) in [5.41, 5.74) is 1.91. The number of hydrogen-bond donors (Lipinski definition) is 0. The summed E-state index contributed by atoms with van der Waals surface area (Å²) in [5.74, 6) is 0.356. The predicted molar refractivity (Wildman–Crippen MR) is 87.7 cm³/mol. The molecule has 2 aromatic rings. The Bertz CT molecular complexity index is 574. The molecule has 110 valence electrons. The fraction of sp³-hybridized carbons (Fsp3) is 0.294. The van der Waals surface area contributed by atoms with Crippen LogP contribution in [0.2, 0.25) is 0 Å². The molecule has 0 heterocycles. The maximum atomic E-state index is 13.5. The first-order chi connectivity index (χ1) is 10.1. The summed E-state index contributed by atoms with van der Waals surface area (Å²) >= 11 is 0. The molecule has 0 unspecified atom stereocenters. The molecule has 1 atom stereocenters. The van der Waals surface area contributed by atoms with Crippen molar-refractivity contribution in [3.8, 4) is 5.75 Å². The third kappa shape index (κ3) is 4.60. The molecule has 0 saturated heterocycles. The van der Waals surface area contributed by atoms with E-state index in [4.69, 9.17) is 4.74 Å². The van der Waals surface area contributed by atoms with Crippen LogP contribution in [0.4, 0.5) is 4.39 Å². The van der Waals surface area contributed by atoms with Gasteiger partial charge in [0, 0.05) is 12.1 Å². The molecule has 0 spiro atoms. The van der Waals surface area contributed by atoms with Crippen LogP contribution in [0.1, 0.15) is 5.56 Å². The van der Waals surface area contributed by atoms with Crippen LogP contribution in [-0.2, 0) is 6.42 Å². The Kier molecular flexibility index (Phi) is 5.40. The molecular formula is C17H21BFNO. The lowest BCUT2D eigenvalue weighted by molar-refractivity contribution is 0.184. The number of likely N-dealkylation sites (N-methyl/N-ethyl adjacent to an activating group) is 1. The second-order valence-corrected chi connectivity index (χ2v) is 5.53. The molecule has 0 aliphatic heterocycles. The lowest BCUT2D eigenvalue weighted by Gasteiger charge is -2.24. The third-order valence-corrected chi connectivity index (χ3v) is 3.63. The quantitative estimate of drug-likeness (QED) is 0.748. The number of ether oxygens (including phenoxy) is 1. The van der Waals surface area contributed by atoms with Crippen molar-refractivity contribution in [1.82, 2.24) is 4.90 Å². The van der Waals surface area contributed by atoms with Crippen molar-refractivity contribution in [2.24, 2.45) is 0 Å². The molecule has 0 amide bonds. The van der Waals surface area contributed by atoms with Crippen molar-refractivity contribution >= 4 is 13.3 Å². The fourth-order valence-electron chi connectivity index (χ4n) is 2.13. The molecule has 2 nitrogen and oxygen atoms in total. The highest BCUT2D eigenvalue weighted by Gasteiger charge is 2.13. The summed E-state index contributed by atoms with van der Waals surface area (Å²) in [7, 11) is 5.82. The lowest BCUT2D eigenvalue weighted by atomic mass is 9.96. The summed E-state index contributed by atoms with van der Waals surface area (Å²) in [6.07, 6.45) is 0.905. The van der Waals surface area contributed by atoms with Gasteiger partial charge < -0.3 is 9.64 Å². The Morgan fingerprint density at radius 3 is 2.48 bits per heavy atom. The van der Waals surface area contributed by atoms with Crippen molar-refractivity contribution < 1.29 is 9.13 Å². The van der Waals surface area contributed by atoms with E-state index >= 15 is 0 Å². The topological polar surface area (TPSA) is 12.5 Å². The monoisotopic (exact) mass is 285 g/mol. The van der Waals surface area contributed by atoms with Gasteiger partial charge in [-0.3, -0.25) is 0 Å². The predicted octanol–water partition coefficient (Wildman–Crippen LogP) is 1.64. The first-order valence-corrected chi connectivity index (χ1v) is 7.15. The van der Waals surface area contributed by atoms with E-state index in [1.54, 1.807) is 13.9 Å². The SMILES string of the molecule is Bc1ccc(OC[C@@H](Cc2ccccc2)N(C)C)cc1F. The van der Waals surface area contributed by atoms with E-state index in [9.17, 15) is 4.39 Å². The summed E-state index contributed by atoms with van der Waals surface area (Å²) in [5, 5.41) is 0. The molecular weight excluding hydrogens is 264 g/mol. The Morgan fingerprint density at radius 1 is 1.14 bits per heavy atom. The highest BCUT2D eigenvalue weighted by atomic mass is 19.1. The number of rotatable bonds is 6. The smallest absolute Gasteiger partial charge is 0.143 e. The van der Waals surface area contributed by atoms with Gasteiger partial charge in [0.05, 0.1) is 0 Å². The first kappa shape index (κ1) is 15.6. The van der Waals surface area contributed by atoms with E-state index in [0.717, 1.165) is 6.42 Å². The van der Waals surface area contributed by atoms with E-state index in [1.807, 2.05) is 38.4 Å². The number of benzene rings is 2. The Hall–Kier alpha value is -1.81. The van der Waals surface area contributed by atoms with Crippen molar-refractivity contribution in [2.45, 2.75) is 12.5 Å². The zero-order valence-electron chi connectivity index (χ0n) is 12.8. The zero-order chi connectivity index (χ0) is 15.2. The van der Waals surface area contributed by atoms with Gasteiger partial charge in [0.25, 0.3) is 0 Å². The number of halogens is 1. The molecule has 21 heavy (non-hydrogen) atoms. The van der Waals surface area contributed by atoms with E-state index in [2.05, 4.69) is 17.0 Å². The maximum Gasteiger partial charge on any atom is 0.143 e. The van der Waals surface area contributed by atoms with Crippen LogP contribution in [0.3, 0.4) is 0 Å². The van der Waals surface area contributed by atoms with Gasteiger partial charge in [0.1, 0.15) is 26.0 Å². The molecule has 0 aliphatic rings. The van der Waals surface area contributed by atoms with Crippen LogP contribution >= 0.6 is 0 Å². The normalized spacial score (nSPS) is 12.4. The average molecular weight is 285 g/mol. The van der Waals surface area contributed by atoms with Gasteiger partial charge in [-0.05, 0) is 32.1 Å². The van der Waals surface area contributed by atoms with Crippen molar-refractivity contribution in [3.63, 3.8) is 0 Å². The van der Waals surface area contributed by atoms with Crippen LogP contribution in [-0.4, -0.2) is 39.5 Å². The molecule has 0 aromatic heterocycles. The largest absolute Gasteiger partial charge is 0.492 e. The van der Waals surface area contributed by atoms with Crippen molar-refractivity contribution in [2.75, 3.05) is 20.7 Å². The van der Waals surface area contributed by atoms with Crippen LogP contribution < -0.4 is 10.2 Å². The van der Waals surface area contributed by atoms with E-state index in [1.165, 1.54) is 11.6 Å². The minimum Gasteiger partial charge on any atom is -0.492 e. The molecule has 0 bridgehead atoms. The van der Waals surface area contributed by atoms with E-state index < -0.39 is 0 Å². The number of nitrogens with zero attached hydrogens (tertiary/aromatic N) is 1. The van der Waals surface area contributed by atoms with E-state index in [-0.39, 0.29) is 11.9 Å². The average Bonchev–Trinajstić information content (AvgIpc) is 2.47. The second kappa shape index (κ2) is 7.27. The van der Waals surface area contributed by atoms with E-state index in [0.29, 0.717) is 17.8 Å². The maximum absolute atomic E-state index is 13.5. The molecule has 2 rings (SSSR count). The van der Waals surface area contributed by atoms with Gasteiger partial charge in [-0.25, -0.2) is 4.39 Å². The number of hydrogen-bond acceptors (Lipinski definition) is 2. The minimum absolute atomic E-state index is 0.225. The van der Waals surface area contributed by atoms with Crippen LogP contribution in [0, 0.1) is 5.82 Å². The first-order valence-electron chi connectivity index (χ1n) is 7.15. The summed E-state index contributed by atoms with van der Waals surface area (Å²) < 4.78 is 19.3. The van der Waals surface area contributed by atoms with Gasteiger partial charge >= 0.3 is 0 Å². The van der Waals surface area contributed by atoms with Crippen LogP contribution in [0.5, 0.6) is 5.75 Å². The van der Waals surface area contributed by atoms with Crippen LogP contribution in [0.25, 0.3) is 0 Å². The molecule has 0 fully saturated rings. The Labute approximate surface area is 127 Å². The highest BCUT2D eigenvalue weighted by Crippen LogP contribution is 2.13. The summed E-state index contributed by atoms with van der Waals surface area (Å²) in [4.78, 5) is 2.14. The highest BCUT2D eigenvalue weighted by molar-refractivity contribution is 6.32. The molecule has 4 heteroatoms. The molecule has 0 aliphatic carbocycles. The fourth-order valence-corrected chi connectivity index (χ4v) is 2.13. The zero-order valence-corrected chi connectivity index (χ0v) is 12.8. The third-order valence-electron chi connectivity index (χ3n) is 3.63. The second-order valence-electron chi connectivity index (χ2n) is 5.53. The Balaban J connectivity index is 1.98. The van der Waals surface area contributed by atoms with Gasteiger partial charge in [-0.2, -0.15) is 0 Å². The van der Waals surface area contributed by atoms with Gasteiger partial charge in [0.2, 0.25) is 0 Å². The molecule has 0 N–H and O–H groups in total. The Morgan fingerprint density at radius 2 is 1.86 bits per heavy atom. The molecule has 0 saturated carbocycles. The summed E-state index contributed by atoms with van der Waals surface area (Å²) in [6.45, 7) is 0.532. The molecule has 0 radical (unpaired) electrons. The van der Waals surface area contributed by atoms with Gasteiger partial charge in [-0.15, -0.1) is 0 Å². The molecule has 2 aromatic carbocycles. The van der Waals surface area contributed by atoms with Gasteiger partial charge in [0.15, 0.2) is 0 Å². The van der Waals surface area contributed by atoms with Crippen molar-refractivity contribution in [1.29, 1.82) is 0 Å².